The maximum absolute atomic E-state index is 13.4. The number of hydrogen-bond acceptors (Lipinski definition) is 0. The van der Waals surface area contributed by atoms with Gasteiger partial charge >= 0.3 is 5.51 Å². The summed E-state index contributed by atoms with van der Waals surface area (Å²) in [6, 6.07) is 15.6. The van der Waals surface area contributed by atoms with Crippen LogP contribution in [0.25, 0.3) is 20.5 Å². The lowest BCUT2D eigenvalue weighted by molar-refractivity contribution is -0.0864. The van der Waals surface area contributed by atoms with Crippen molar-refractivity contribution in [3.63, 3.8) is 0 Å². The van der Waals surface area contributed by atoms with Gasteiger partial charge in [0.15, 0.2) is 9.58 Å². The Morgan fingerprint density at radius 3 is 2.19 bits per heavy atom. The van der Waals surface area contributed by atoms with Gasteiger partial charge in [0.1, 0.15) is 10.5 Å². The second kappa shape index (κ2) is 5.70. The minimum Gasteiger partial charge on any atom is -1.00 e. The Balaban J connectivity index is 0.00000161. The third kappa shape index (κ3) is 2.92. The topological polar surface area (TPSA) is 0 Å². The molecular weight excluding hydrogens is 317 g/mol. The molecule has 1 unspecified atom stereocenters. The molecule has 0 fully saturated rings. The molecule has 0 saturated carbocycles. The smallest absolute Gasteiger partial charge is 0.601 e. The van der Waals surface area contributed by atoms with Crippen molar-refractivity contribution in [2.24, 2.45) is 0 Å². The summed E-state index contributed by atoms with van der Waals surface area (Å²) in [5.41, 5.74) is -2.63. The van der Waals surface area contributed by atoms with E-state index in [4.69, 9.17) is 0 Å². The Morgan fingerprint density at radius 1 is 0.905 bits per heavy atom. The fourth-order valence-electron chi connectivity index (χ4n) is 2.34. The van der Waals surface area contributed by atoms with E-state index < -0.39 is 16.0 Å². The van der Waals surface area contributed by atoms with Crippen LogP contribution in [0, 0.1) is 6.92 Å². The van der Waals surface area contributed by atoms with E-state index in [1.807, 2.05) is 19.1 Å². The monoisotopic (exact) mass is 328 g/mol. The maximum Gasteiger partial charge on any atom is 0.601 e. The Bertz CT molecular complexity index is 760. The number of halogens is 4. The first-order chi connectivity index (χ1) is 9.47. The van der Waals surface area contributed by atoms with Crippen LogP contribution in [0.3, 0.4) is 0 Å². The highest BCUT2D eigenvalue weighted by Crippen LogP contribution is 2.54. The molecule has 0 aliphatic rings. The van der Waals surface area contributed by atoms with Gasteiger partial charge in [-0.05, 0) is 31.2 Å². The minimum absolute atomic E-state index is 0. The van der Waals surface area contributed by atoms with Crippen LogP contribution in [-0.2, 0) is 5.51 Å². The molecule has 0 N–H and O–H groups in total. The number of rotatable bonds is 1. The molecule has 0 amide bonds. The van der Waals surface area contributed by atoms with Crippen molar-refractivity contribution in [1.29, 1.82) is 0 Å². The van der Waals surface area contributed by atoms with Crippen molar-refractivity contribution >= 4 is 20.6 Å². The third-order valence-corrected chi connectivity index (χ3v) is 5.25. The second-order valence-electron chi connectivity index (χ2n) is 4.67. The number of alkyl halides is 3. The average molecular weight is 329 g/mol. The van der Waals surface area contributed by atoms with Gasteiger partial charge in [-0.1, -0.05) is 29.8 Å². The largest absolute Gasteiger partial charge is 1.00 e. The van der Waals surface area contributed by atoms with Crippen molar-refractivity contribution in [3.8, 4) is 10.4 Å². The van der Waals surface area contributed by atoms with E-state index in [0.29, 0.717) is 20.5 Å². The molecular formula is C16H12ClF3S. The summed E-state index contributed by atoms with van der Waals surface area (Å²) in [5.74, 6) is 0. The summed E-state index contributed by atoms with van der Waals surface area (Å²) in [7, 11) is -1.86. The normalized spacial score (nSPS) is 12.3. The van der Waals surface area contributed by atoms with Gasteiger partial charge in [-0.2, -0.15) is 0 Å². The van der Waals surface area contributed by atoms with E-state index in [2.05, 4.69) is 0 Å². The summed E-state index contributed by atoms with van der Waals surface area (Å²) in [6.45, 7) is 1.89. The van der Waals surface area contributed by atoms with Crippen molar-refractivity contribution in [2.45, 2.75) is 12.4 Å². The van der Waals surface area contributed by atoms with E-state index in [1.165, 1.54) is 0 Å². The summed E-state index contributed by atoms with van der Waals surface area (Å²) in [4.78, 5) is 0.360. The quantitative estimate of drug-likeness (QED) is 0.602. The number of fused-ring (bicyclic) bond motifs is 1. The van der Waals surface area contributed by atoms with Crippen LogP contribution in [0.4, 0.5) is 13.2 Å². The van der Waals surface area contributed by atoms with Crippen molar-refractivity contribution in [1.82, 2.24) is 0 Å². The molecule has 2 aromatic carbocycles. The molecule has 21 heavy (non-hydrogen) atoms. The summed E-state index contributed by atoms with van der Waals surface area (Å²) >= 11 is 0. The highest BCUT2D eigenvalue weighted by Gasteiger charge is 2.48. The fraction of sp³-hybridized carbons (Fsp3) is 0.125. The van der Waals surface area contributed by atoms with Crippen LogP contribution in [0.15, 0.2) is 54.6 Å². The highest BCUT2D eigenvalue weighted by atomic mass is 35.5. The average Bonchev–Trinajstić information content (AvgIpc) is 2.78. The first-order valence-electron chi connectivity index (χ1n) is 6.16. The summed E-state index contributed by atoms with van der Waals surface area (Å²) < 4.78 is 40.7. The van der Waals surface area contributed by atoms with Gasteiger partial charge < -0.3 is 12.4 Å². The lowest BCUT2D eigenvalue weighted by atomic mass is 10.1. The molecule has 110 valence electrons. The lowest BCUT2D eigenvalue weighted by Gasteiger charge is -2.00. The molecule has 0 aliphatic carbocycles. The number of hydrogen-bond donors (Lipinski definition) is 0. The van der Waals surface area contributed by atoms with E-state index in [1.54, 1.807) is 42.5 Å². The van der Waals surface area contributed by atoms with E-state index in [-0.39, 0.29) is 12.4 Å². The van der Waals surface area contributed by atoms with Crippen LogP contribution in [0.5, 0.6) is 0 Å². The molecule has 3 rings (SSSR count). The molecule has 5 heteroatoms. The molecule has 0 saturated heterocycles. The molecule has 0 radical (unpaired) electrons. The molecule has 0 nitrogen and oxygen atoms in total. The van der Waals surface area contributed by atoms with Crippen LogP contribution in [-0.4, -0.2) is 0 Å². The Labute approximate surface area is 129 Å². The Kier molecular flexibility index (Phi) is 4.30. The first kappa shape index (κ1) is 15.9. The van der Waals surface area contributed by atoms with Crippen LogP contribution >= 0.6 is 10.5 Å². The standard InChI is InChI=1S/C16H12F3S.ClH/c1-11-7-8-14-13(9-11)10-15(20(14)16(17,18)19)12-5-3-2-4-6-12;/h2-10H,1H3;1H/q+1;/p-1. The SMILES string of the molecule is Cc1ccc2c(c1)cc(-c1ccccc1)[s+]2C(F)(F)F.[Cl-]. The van der Waals surface area contributed by atoms with Crippen molar-refractivity contribution in [3.05, 3.63) is 60.2 Å². The van der Waals surface area contributed by atoms with Gasteiger partial charge in [0.25, 0.3) is 0 Å². The van der Waals surface area contributed by atoms with E-state index in [0.717, 1.165) is 5.56 Å². The van der Waals surface area contributed by atoms with Crippen LogP contribution in [0.2, 0.25) is 0 Å². The zero-order valence-corrected chi connectivity index (χ0v) is 12.7. The van der Waals surface area contributed by atoms with Crippen LogP contribution < -0.4 is 12.4 Å². The minimum atomic E-state index is -4.25. The highest BCUT2D eigenvalue weighted by molar-refractivity contribution is 7.41. The zero-order chi connectivity index (χ0) is 14.3. The van der Waals surface area contributed by atoms with Gasteiger partial charge in [-0.15, -0.1) is 13.2 Å². The van der Waals surface area contributed by atoms with Gasteiger partial charge in [0.05, 0.1) is 0 Å². The summed E-state index contributed by atoms with van der Waals surface area (Å²) in [5, 5.41) is 0.685. The van der Waals surface area contributed by atoms with E-state index in [9.17, 15) is 13.2 Å². The number of benzene rings is 2. The molecule has 0 aliphatic heterocycles. The van der Waals surface area contributed by atoms with Crippen LogP contribution in [0.1, 0.15) is 5.56 Å². The second-order valence-corrected chi connectivity index (χ2v) is 6.62. The van der Waals surface area contributed by atoms with Crippen molar-refractivity contribution < 1.29 is 25.6 Å². The predicted octanol–water partition coefficient (Wildman–Crippen LogP) is 3.04. The van der Waals surface area contributed by atoms with Gasteiger partial charge in [-0.25, -0.2) is 0 Å². The molecule has 0 spiro atoms. The molecule has 3 aromatic rings. The lowest BCUT2D eigenvalue weighted by Crippen LogP contribution is -3.00. The van der Waals surface area contributed by atoms with Crippen molar-refractivity contribution in [2.75, 3.05) is 0 Å². The molecule has 0 bridgehead atoms. The predicted molar refractivity (Wildman–Crippen MR) is 77.9 cm³/mol. The third-order valence-electron chi connectivity index (χ3n) is 3.18. The number of aryl methyl sites for hydroxylation is 1. The van der Waals surface area contributed by atoms with Gasteiger partial charge in [-0.3, -0.25) is 0 Å². The first-order valence-corrected chi connectivity index (χ1v) is 7.38. The zero-order valence-electron chi connectivity index (χ0n) is 11.1. The molecule has 1 heterocycles. The number of thiophene rings is 1. The fourth-order valence-corrected chi connectivity index (χ4v) is 4.25. The van der Waals surface area contributed by atoms with Gasteiger partial charge in [0, 0.05) is 17.0 Å². The van der Waals surface area contributed by atoms with Gasteiger partial charge in [0.2, 0.25) is 0 Å². The maximum atomic E-state index is 13.4. The summed E-state index contributed by atoms with van der Waals surface area (Å²) in [6.07, 6.45) is 0. The Hall–Kier alpha value is -1.52. The Morgan fingerprint density at radius 2 is 1.57 bits per heavy atom. The molecule has 1 atom stereocenters. The van der Waals surface area contributed by atoms with E-state index >= 15 is 0 Å². The molecule has 1 aromatic heterocycles.